The summed E-state index contributed by atoms with van der Waals surface area (Å²) in [6.45, 7) is 6.41. The summed E-state index contributed by atoms with van der Waals surface area (Å²) in [5, 5.41) is 2.94. The number of methoxy groups -OCH3 is 1. The average molecular weight is 327 g/mol. The van der Waals surface area contributed by atoms with Crippen LogP contribution < -0.4 is 14.8 Å². The Labute approximate surface area is 143 Å². The molecule has 0 heterocycles. The first-order valence-corrected chi connectivity index (χ1v) is 8.18. The molecule has 4 nitrogen and oxygen atoms in total. The molecule has 2 rings (SSSR count). The molecule has 0 fully saturated rings. The molecule has 1 N–H and O–H groups in total. The van der Waals surface area contributed by atoms with Gasteiger partial charge in [-0.3, -0.25) is 4.79 Å². The van der Waals surface area contributed by atoms with Gasteiger partial charge in [-0.2, -0.15) is 0 Å². The fourth-order valence-electron chi connectivity index (χ4n) is 2.36. The lowest BCUT2D eigenvalue weighted by molar-refractivity contribution is -0.128. The van der Waals surface area contributed by atoms with E-state index >= 15 is 0 Å². The Kier molecular flexibility index (Phi) is 6.24. The summed E-state index contributed by atoms with van der Waals surface area (Å²) in [6.07, 6.45) is 0.116. The first-order valence-electron chi connectivity index (χ1n) is 8.18. The van der Waals surface area contributed by atoms with Crippen molar-refractivity contribution in [1.29, 1.82) is 0 Å². The van der Waals surface area contributed by atoms with Gasteiger partial charge in [-0.15, -0.1) is 0 Å². The minimum absolute atomic E-state index is 0.103. The summed E-state index contributed by atoms with van der Waals surface area (Å²) < 4.78 is 11.1. The van der Waals surface area contributed by atoms with Crippen molar-refractivity contribution in [2.24, 2.45) is 0 Å². The molecule has 1 amide bonds. The van der Waals surface area contributed by atoms with Gasteiger partial charge in [0.05, 0.1) is 7.11 Å². The largest absolute Gasteiger partial charge is 0.497 e. The molecule has 0 saturated heterocycles. The topological polar surface area (TPSA) is 47.6 Å². The van der Waals surface area contributed by atoms with E-state index in [2.05, 4.69) is 5.32 Å². The van der Waals surface area contributed by atoms with Gasteiger partial charge in [0.1, 0.15) is 11.5 Å². The second-order valence-corrected chi connectivity index (χ2v) is 5.85. The second kappa shape index (κ2) is 8.39. The number of nitrogens with one attached hydrogen (secondary N) is 1. The molecule has 0 aliphatic heterocycles. The lowest BCUT2D eigenvalue weighted by Crippen LogP contribution is -2.37. The molecule has 0 aliphatic carbocycles. The number of carbonyl (C=O) groups excluding carboxylic acids is 1. The number of ether oxygens (including phenoxy) is 2. The minimum Gasteiger partial charge on any atom is -0.497 e. The van der Waals surface area contributed by atoms with E-state index < -0.39 is 6.10 Å². The van der Waals surface area contributed by atoms with Crippen LogP contribution in [-0.2, 0) is 11.3 Å². The monoisotopic (exact) mass is 327 g/mol. The maximum absolute atomic E-state index is 12.4. The molecule has 1 atom stereocenters. The highest BCUT2D eigenvalue weighted by atomic mass is 16.5. The van der Waals surface area contributed by atoms with Crippen LogP contribution >= 0.6 is 0 Å². The molecule has 0 bridgehead atoms. The smallest absolute Gasteiger partial charge is 0.261 e. The van der Waals surface area contributed by atoms with E-state index in [4.69, 9.17) is 9.47 Å². The summed E-state index contributed by atoms with van der Waals surface area (Å²) in [5.74, 6) is 1.46. The van der Waals surface area contributed by atoms with Gasteiger partial charge in [0.25, 0.3) is 5.91 Å². The first kappa shape index (κ1) is 17.9. The van der Waals surface area contributed by atoms with Crippen LogP contribution in [0.15, 0.2) is 42.5 Å². The van der Waals surface area contributed by atoms with Crippen molar-refractivity contribution < 1.29 is 14.3 Å². The van der Waals surface area contributed by atoms with Gasteiger partial charge >= 0.3 is 0 Å². The normalized spacial score (nSPS) is 11.7. The van der Waals surface area contributed by atoms with Crippen LogP contribution in [0.3, 0.4) is 0 Å². The van der Waals surface area contributed by atoms with E-state index in [1.165, 1.54) is 0 Å². The summed E-state index contributed by atoms with van der Waals surface area (Å²) in [7, 11) is 1.63. The van der Waals surface area contributed by atoms with Crippen molar-refractivity contribution >= 4 is 5.91 Å². The van der Waals surface area contributed by atoms with Crippen molar-refractivity contribution in [3.63, 3.8) is 0 Å². The average Bonchev–Trinajstić information content (AvgIpc) is 2.60. The van der Waals surface area contributed by atoms with Gasteiger partial charge in [0.15, 0.2) is 6.10 Å². The number of amides is 1. The van der Waals surface area contributed by atoms with Gasteiger partial charge in [0.2, 0.25) is 0 Å². The van der Waals surface area contributed by atoms with E-state index in [0.717, 1.165) is 28.2 Å². The van der Waals surface area contributed by atoms with E-state index in [1.807, 2.05) is 63.2 Å². The van der Waals surface area contributed by atoms with Crippen molar-refractivity contribution in [3.8, 4) is 11.5 Å². The molecule has 0 aliphatic rings. The molecule has 4 heteroatoms. The summed E-state index contributed by atoms with van der Waals surface area (Å²) in [4.78, 5) is 12.4. The first-order chi connectivity index (χ1) is 11.5. The molecule has 0 spiro atoms. The van der Waals surface area contributed by atoms with Gasteiger partial charge < -0.3 is 14.8 Å². The predicted molar refractivity (Wildman–Crippen MR) is 95.5 cm³/mol. The highest BCUT2D eigenvalue weighted by molar-refractivity contribution is 5.81. The third kappa shape index (κ3) is 4.75. The van der Waals surface area contributed by atoms with E-state index in [-0.39, 0.29) is 5.91 Å². The van der Waals surface area contributed by atoms with E-state index in [1.54, 1.807) is 7.11 Å². The maximum Gasteiger partial charge on any atom is 0.261 e. The SMILES string of the molecule is CC[C@H](Oc1cc(C)ccc1C)C(=O)NCc1ccc(OC)cc1. The Morgan fingerprint density at radius 1 is 1.12 bits per heavy atom. The zero-order valence-electron chi connectivity index (χ0n) is 14.8. The quantitative estimate of drug-likeness (QED) is 0.842. The molecular formula is C20H25NO3. The van der Waals surface area contributed by atoms with Crippen LogP contribution in [0, 0.1) is 13.8 Å². The Hall–Kier alpha value is -2.49. The Bertz CT molecular complexity index is 680. The molecule has 2 aromatic carbocycles. The fraction of sp³-hybridized carbons (Fsp3) is 0.350. The van der Waals surface area contributed by atoms with Crippen molar-refractivity contribution in [2.75, 3.05) is 7.11 Å². The second-order valence-electron chi connectivity index (χ2n) is 5.85. The minimum atomic E-state index is -0.497. The lowest BCUT2D eigenvalue weighted by atomic mass is 10.1. The standard InChI is InChI=1S/C20H25NO3/c1-5-18(24-19-12-14(2)6-7-15(19)3)20(22)21-13-16-8-10-17(23-4)11-9-16/h6-12,18H,5,13H2,1-4H3,(H,21,22)/t18-/m0/s1. The third-order valence-corrected chi connectivity index (χ3v) is 3.90. The van der Waals surface area contributed by atoms with E-state index in [0.29, 0.717) is 13.0 Å². The van der Waals surface area contributed by atoms with Gasteiger partial charge in [-0.25, -0.2) is 0 Å². The van der Waals surface area contributed by atoms with Crippen LogP contribution in [0.1, 0.15) is 30.0 Å². The molecule has 24 heavy (non-hydrogen) atoms. The highest BCUT2D eigenvalue weighted by Gasteiger charge is 2.19. The Morgan fingerprint density at radius 3 is 2.46 bits per heavy atom. The van der Waals surface area contributed by atoms with Crippen LogP contribution in [-0.4, -0.2) is 19.1 Å². The summed E-state index contributed by atoms with van der Waals surface area (Å²) in [5.41, 5.74) is 3.16. The van der Waals surface area contributed by atoms with E-state index in [9.17, 15) is 4.79 Å². The fourth-order valence-corrected chi connectivity index (χ4v) is 2.36. The molecule has 128 valence electrons. The Morgan fingerprint density at radius 2 is 1.83 bits per heavy atom. The predicted octanol–water partition coefficient (Wildman–Crippen LogP) is 3.79. The molecule has 0 saturated carbocycles. The molecule has 0 unspecified atom stereocenters. The van der Waals surface area contributed by atoms with Crippen molar-refractivity contribution in [2.45, 2.75) is 39.8 Å². The zero-order chi connectivity index (χ0) is 17.5. The summed E-state index contributed by atoms with van der Waals surface area (Å²) in [6, 6.07) is 13.6. The number of carbonyl (C=O) groups is 1. The lowest BCUT2D eigenvalue weighted by Gasteiger charge is -2.19. The van der Waals surface area contributed by atoms with Gasteiger partial charge in [-0.05, 0) is 55.2 Å². The van der Waals surface area contributed by atoms with Crippen molar-refractivity contribution in [1.82, 2.24) is 5.32 Å². The van der Waals surface area contributed by atoms with Crippen molar-refractivity contribution in [3.05, 3.63) is 59.2 Å². The highest BCUT2D eigenvalue weighted by Crippen LogP contribution is 2.21. The van der Waals surface area contributed by atoms with Crippen LogP contribution in [0.4, 0.5) is 0 Å². The number of aryl methyl sites for hydroxylation is 2. The van der Waals surface area contributed by atoms with Gasteiger partial charge in [-0.1, -0.05) is 31.2 Å². The van der Waals surface area contributed by atoms with Gasteiger partial charge in [0, 0.05) is 6.54 Å². The van der Waals surface area contributed by atoms with Crippen LogP contribution in [0.2, 0.25) is 0 Å². The summed E-state index contributed by atoms with van der Waals surface area (Å²) >= 11 is 0. The number of hydrogen-bond donors (Lipinski definition) is 1. The Balaban J connectivity index is 1.96. The third-order valence-electron chi connectivity index (χ3n) is 3.90. The molecule has 2 aromatic rings. The van der Waals surface area contributed by atoms with Crippen LogP contribution in [0.25, 0.3) is 0 Å². The number of benzene rings is 2. The number of rotatable bonds is 7. The molecule has 0 aromatic heterocycles. The maximum atomic E-state index is 12.4. The number of hydrogen-bond acceptors (Lipinski definition) is 3. The molecular weight excluding hydrogens is 302 g/mol. The zero-order valence-corrected chi connectivity index (χ0v) is 14.8. The molecule has 0 radical (unpaired) electrons. The van der Waals surface area contributed by atoms with Crippen LogP contribution in [0.5, 0.6) is 11.5 Å².